The van der Waals surface area contributed by atoms with Gasteiger partial charge in [-0.25, -0.2) is 4.79 Å². The molecule has 3 N–H and O–H groups in total. The number of carbonyl (C=O) groups is 1. The Morgan fingerprint density at radius 3 is 2.20 bits per heavy atom. The minimum absolute atomic E-state index is 0.396. The Kier molecular flexibility index (Phi) is 3.55. The lowest BCUT2D eigenvalue weighted by atomic mass is 9.87. The average molecular weight is 275 g/mol. The maximum absolute atomic E-state index is 11.5. The fourth-order valence-electron chi connectivity index (χ4n) is 2.29. The Bertz CT molecular complexity index is 664. The minimum atomic E-state index is -1.56. The highest BCUT2D eigenvalue weighted by atomic mass is 16.5. The van der Waals surface area contributed by atoms with Crippen molar-refractivity contribution in [3.05, 3.63) is 35.9 Å². The number of aliphatic carboxylic acids is 1. The molecule has 2 aromatic carbocycles. The highest BCUT2D eigenvalue weighted by molar-refractivity contribution is 5.98. The van der Waals surface area contributed by atoms with Gasteiger partial charge in [0.25, 0.3) is 0 Å². The van der Waals surface area contributed by atoms with Gasteiger partial charge in [0, 0.05) is 17.0 Å². The second kappa shape index (κ2) is 5.02. The summed E-state index contributed by atoms with van der Waals surface area (Å²) in [6, 6.07) is 9.00. The van der Waals surface area contributed by atoms with E-state index in [0.29, 0.717) is 22.4 Å². The second-order valence-corrected chi connectivity index (χ2v) is 4.71. The zero-order chi connectivity index (χ0) is 14.9. The molecule has 5 heteroatoms. The van der Waals surface area contributed by atoms with Gasteiger partial charge in [-0.1, -0.05) is 24.3 Å². The Morgan fingerprint density at radius 1 is 1.15 bits per heavy atom. The van der Waals surface area contributed by atoms with Gasteiger partial charge in [0.15, 0.2) is 0 Å². The van der Waals surface area contributed by atoms with Crippen LogP contribution in [0.15, 0.2) is 30.3 Å². The number of rotatable bonds is 4. The summed E-state index contributed by atoms with van der Waals surface area (Å²) >= 11 is 0. The number of ether oxygens (including phenoxy) is 2. The van der Waals surface area contributed by atoms with Crippen LogP contribution in [0.4, 0.5) is 0 Å². The Labute approximate surface area is 116 Å². The topological polar surface area (TPSA) is 81.8 Å². The van der Waals surface area contributed by atoms with Gasteiger partial charge in [-0.3, -0.25) is 0 Å². The summed E-state index contributed by atoms with van der Waals surface area (Å²) in [7, 11) is 3.03. The number of nitrogens with two attached hydrogens (primary N) is 1. The normalized spacial score (nSPS) is 13.8. The zero-order valence-corrected chi connectivity index (χ0v) is 11.6. The molecule has 0 heterocycles. The van der Waals surface area contributed by atoms with Crippen molar-refractivity contribution in [2.75, 3.05) is 14.2 Å². The highest BCUT2D eigenvalue weighted by Crippen LogP contribution is 2.40. The first-order chi connectivity index (χ1) is 9.43. The molecule has 0 saturated heterocycles. The van der Waals surface area contributed by atoms with E-state index in [9.17, 15) is 9.90 Å². The first-order valence-corrected chi connectivity index (χ1v) is 6.10. The molecule has 2 rings (SSSR count). The van der Waals surface area contributed by atoms with Gasteiger partial charge in [0.1, 0.15) is 17.0 Å². The SMILES string of the molecule is COc1cc(OC)c2ccccc2c1C(C)(N)C(=O)O. The van der Waals surface area contributed by atoms with Crippen molar-refractivity contribution in [3.63, 3.8) is 0 Å². The molecule has 0 aromatic heterocycles. The second-order valence-electron chi connectivity index (χ2n) is 4.71. The predicted octanol–water partition coefficient (Wildman–Crippen LogP) is 2.12. The van der Waals surface area contributed by atoms with E-state index in [1.807, 2.05) is 24.3 Å². The van der Waals surface area contributed by atoms with Crippen LogP contribution >= 0.6 is 0 Å². The van der Waals surface area contributed by atoms with Crippen molar-refractivity contribution < 1.29 is 19.4 Å². The van der Waals surface area contributed by atoms with Gasteiger partial charge < -0.3 is 20.3 Å². The van der Waals surface area contributed by atoms with E-state index < -0.39 is 11.5 Å². The molecule has 0 amide bonds. The molecule has 5 nitrogen and oxygen atoms in total. The number of hydrogen-bond acceptors (Lipinski definition) is 4. The van der Waals surface area contributed by atoms with E-state index in [1.54, 1.807) is 13.2 Å². The van der Waals surface area contributed by atoms with Crippen LogP contribution in [-0.4, -0.2) is 25.3 Å². The molecule has 0 radical (unpaired) electrons. The van der Waals surface area contributed by atoms with Gasteiger partial charge in [0.2, 0.25) is 0 Å². The summed E-state index contributed by atoms with van der Waals surface area (Å²) < 4.78 is 10.6. The molecule has 2 aromatic rings. The van der Waals surface area contributed by atoms with Crippen molar-refractivity contribution in [1.82, 2.24) is 0 Å². The quantitative estimate of drug-likeness (QED) is 0.893. The first-order valence-electron chi connectivity index (χ1n) is 6.10. The minimum Gasteiger partial charge on any atom is -0.496 e. The van der Waals surface area contributed by atoms with E-state index >= 15 is 0 Å². The molecule has 106 valence electrons. The van der Waals surface area contributed by atoms with Gasteiger partial charge >= 0.3 is 5.97 Å². The smallest absolute Gasteiger partial charge is 0.328 e. The average Bonchev–Trinajstić information content (AvgIpc) is 2.44. The van der Waals surface area contributed by atoms with E-state index in [1.165, 1.54) is 14.0 Å². The maximum Gasteiger partial charge on any atom is 0.328 e. The Hall–Kier alpha value is -2.27. The van der Waals surface area contributed by atoms with Crippen LogP contribution in [0.2, 0.25) is 0 Å². The number of carboxylic acids is 1. The van der Waals surface area contributed by atoms with Crippen LogP contribution in [-0.2, 0) is 10.3 Å². The molecule has 0 bridgehead atoms. The predicted molar refractivity (Wildman–Crippen MR) is 76.2 cm³/mol. The molecular formula is C15H17NO4. The van der Waals surface area contributed by atoms with Crippen molar-refractivity contribution in [2.45, 2.75) is 12.5 Å². The lowest BCUT2D eigenvalue weighted by Gasteiger charge is -2.25. The van der Waals surface area contributed by atoms with Gasteiger partial charge in [0.05, 0.1) is 14.2 Å². The molecule has 0 aliphatic rings. The zero-order valence-electron chi connectivity index (χ0n) is 11.6. The van der Waals surface area contributed by atoms with Crippen molar-refractivity contribution in [3.8, 4) is 11.5 Å². The number of carboxylic acid groups (broad SMARTS) is 1. The number of hydrogen-bond donors (Lipinski definition) is 2. The van der Waals surface area contributed by atoms with Crippen LogP contribution in [0.1, 0.15) is 12.5 Å². The van der Waals surface area contributed by atoms with Crippen molar-refractivity contribution in [1.29, 1.82) is 0 Å². The summed E-state index contributed by atoms with van der Waals surface area (Å²) in [5, 5.41) is 10.9. The van der Waals surface area contributed by atoms with Crippen LogP contribution in [0.3, 0.4) is 0 Å². The third kappa shape index (κ3) is 2.06. The van der Waals surface area contributed by atoms with Crippen molar-refractivity contribution in [2.24, 2.45) is 5.73 Å². The molecule has 0 aliphatic heterocycles. The number of benzene rings is 2. The summed E-state index contributed by atoms with van der Waals surface area (Å²) in [6.07, 6.45) is 0. The monoisotopic (exact) mass is 275 g/mol. The third-order valence-electron chi connectivity index (χ3n) is 3.37. The van der Waals surface area contributed by atoms with E-state index in [2.05, 4.69) is 0 Å². The summed E-state index contributed by atoms with van der Waals surface area (Å²) in [4.78, 5) is 11.5. The molecule has 1 unspecified atom stereocenters. The third-order valence-corrected chi connectivity index (χ3v) is 3.37. The van der Waals surface area contributed by atoms with Gasteiger partial charge in [-0.2, -0.15) is 0 Å². The molecule has 0 saturated carbocycles. The fourth-order valence-corrected chi connectivity index (χ4v) is 2.29. The summed E-state index contributed by atoms with van der Waals surface area (Å²) in [5.74, 6) is -0.110. The van der Waals surface area contributed by atoms with Crippen molar-refractivity contribution >= 4 is 16.7 Å². The molecule has 20 heavy (non-hydrogen) atoms. The summed E-state index contributed by atoms with van der Waals surface area (Å²) in [5.41, 5.74) is 4.87. The van der Waals surface area contributed by atoms with Crippen LogP contribution in [0.5, 0.6) is 11.5 Å². The summed E-state index contributed by atoms with van der Waals surface area (Å²) in [6.45, 7) is 1.45. The molecule has 0 aliphatic carbocycles. The lowest BCUT2D eigenvalue weighted by molar-refractivity contribution is -0.143. The van der Waals surface area contributed by atoms with Crippen LogP contribution in [0.25, 0.3) is 10.8 Å². The number of fused-ring (bicyclic) bond motifs is 1. The number of methoxy groups -OCH3 is 2. The molecule has 0 spiro atoms. The maximum atomic E-state index is 11.5. The fraction of sp³-hybridized carbons (Fsp3) is 0.267. The van der Waals surface area contributed by atoms with Gasteiger partial charge in [-0.05, 0) is 12.3 Å². The Morgan fingerprint density at radius 2 is 1.70 bits per heavy atom. The molecule has 0 fully saturated rings. The molecular weight excluding hydrogens is 258 g/mol. The highest BCUT2D eigenvalue weighted by Gasteiger charge is 2.35. The van der Waals surface area contributed by atoms with E-state index in [-0.39, 0.29) is 0 Å². The van der Waals surface area contributed by atoms with Crippen LogP contribution < -0.4 is 15.2 Å². The Balaban J connectivity index is 2.92. The largest absolute Gasteiger partial charge is 0.496 e. The lowest BCUT2D eigenvalue weighted by Crippen LogP contribution is -2.42. The first kappa shape index (κ1) is 14.1. The molecule has 1 atom stereocenters. The van der Waals surface area contributed by atoms with Gasteiger partial charge in [-0.15, -0.1) is 0 Å². The standard InChI is InChI=1S/C15H17NO4/c1-15(16,14(17)18)13-10-7-5-4-6-9(10)11(19-2)8-12(13)20-3/h4-8H,16H2,1-3H3,(H,17,18). The van der Waals surface area contributed by atoms with Crippen LogP contribution in [0, 0.1) is 0 Å². The van der Waals surface area contributed by atoms with E-state index in [0.717, 1.165) is 5.39 Å². The van der Waals surface area contributed by atoms with E-state index in [4.69, 9.17) is 15.2 Å².